The number of nitrogens with zero attached hydrogens (tertiary/aromatic N) is 3. The third-order valence-electron chi connectivity index (χ3n) is 3.61. The van der Waals surface area contributed by atoms with Crippen molar-refractivity contribution in [1.82, 2.24) is 14.6 Å². The van der Waals surface area contributed by atoms with Crippen molar-refractivity contribution in [2.75, 3.05) is 0 Å². The Morgan fingerprint density at radius 2 is 1.86 bits per heavy atom. The standard InChI is InChI=1S/C17H13N3O2/c21-10-12-1-3-13(4-2-12)16-9-18-17-6-5-15(19-20(16)17)14-7-8-22-11-14/h1-9,11,21H,10H2. The fourth-order valence-corrected chi connectivity index (χ4v) is 2.42. The van der Waals surface area contributed by atoms with Crippen molar-refractivity contribution >= 4 is 5.65 Å². The molecule has 0 saturated carbocycles. The van der Waals surface area contributed by atoms with Crippen molar-refractivity contribution in [3.8, 4) is 22.5 Å². The number of aromatic nitrogens is 3. The van der Waals surface area contributed by atoms with Gasteiger partial charge in [-0.1, -0.05) is 24.3 Å². The van der Waals surface area contributed by atoms with Crippen LogP contribution in [0.1, 0.15) is 5.56 Å². The monoisotopic (exact) mass is 291 g/mol. The summed E-state index contributed by atoms with van der Waals surface area (Å²) in [5.74, 6) is 0. The van der Waals surface area contributed by atoms with E-state index in [-0.39, 0.29) is 6.61 Å². The zero-order valence-corrected chi connectivity index (χ0v) is 11.7. The van der Waals surface area contributed by atoms with E-state index in [4.69, 9.17) is 9.52 Å². The van der Waals surface area contributed by atoms with Gasteiger partial charge in [0.15, 0.2) is 5.65 Å². The number of benzene rings is 1. The number of hydrogen-bond donors (Lipinski definition) is 1. The summed E-state index contributed by atoms with van der Waals surface area (Å²) in [5, 5.41) is 13.8. The Hall–Kier alpha value is -2.92. The minimum absolute atomic E-state index is 0.0380. The van der Waals surface area contributed by atoms with Gasteiger partial charge in [-0.3, -0.25) is 0 Å². The number of fused-ring (bicyclic) bond motifs is 1. The van der Waals surface area contributed by atoms with Crippen LogP contribution >= 0.6 is 0 Å². The maximum absolute atomic E-state index is 9.13. The first-order valence-corrected chi connectivity index (χ1v) is 6.93. The molecule has 0 atom stereocenters. The highest BCUT2D eigenvalue weighted by atomic mass is 16.3. The van der Waals surface area contributed by atoms with Crippen molar-refractivity contribution in [1.29, 1.82) is 0 Å². The third-order valence-corrected chi connectivity index (χ3v) is 3.61. The molecule has 5 heteroatoms. The molecule has 0 bridgehead atoms. The molecule has 108 valence electrons. The third kappa shape index (κ3) is 2.08. The molecule has 0 spiro atoms. The molecule has 0 aliphatic carbocycles. The Morgan fingerprint density at radius 3 is 2.59 bits per heavy atom. The zero-order valence-electron chi connectivity index (χ0n) is 11.7. The molecule has 22 heavy (non-hydrogen) atoms. The molecule has 0 aliphatic heterocycles. The van der Waals surface area contributed by atoms with Gasteiger partial charge in [0.25, 0.3) is 0 Å². The van der Waals surface area contributed by atoms with Gasteiger partial charge < -0.3 is 9.52 Å². The molecule has 1 aromatic carbocycles. The van der Waals surface area contributed by atoms with E-state index in [1.807, 2.05) is 47.0 Å². The summed E-state index contributed by atoms with van der Waals surface area (Å²) in [6, 6.07) is 13.4. The van der Waals surface area contributed by atoms with E-state index in [0.717, 1.165) is 33.7 Å². The van der Waals surface area contributed by atoms with Crippen LogP contribution in [0.15, 0.2) is 65.6 Å². The number of rotatable bonds is 3. The average Bonchev–Trinajstić information content (AvgIpc) is 3.24. The first-order chi connectivity index (χ1) is 10.8. The van der Waals surface area contributed by atoms with Crippen LogP contribution in [0.2, 0.25) is 0 Å². The number of imidazole rings is 1. The number of aliphatic hydroxyl groups is 1. The second-order valence-corrected chi connectivity index (χ2v) is 5.00. The van der Waals surface area contributed by atoms with E-state index in [9.17, 15) is 0 Å². The molecule has 3 heterocycles. The molecule has 0 radical (unpaired) electrons. The van der Waals surface area contributed by atoms with Gasteiger partial charge in [0.1, 0.15) is 0 Å². The molecule has 0 fully saturated rings. The maximum atomic E-state index is 9.13. The molecule has 3 aromatic heterocycles. The van der Waals surface area contributed by atoms with E-state index in [0.29, 0.717) is 0 Å². The van der Waals surface area contributed by atoms with Gasteiger partial charge in [-0.05, 0) is 23.8 Å². The van der Waals surface area contributed by atoms with Crippen molar-refractivity contribution in [3.05, 3.63) is 66.8 Å². The van der Waals surface area contributed by atoms with E-state index in [2.05, 4.69) is 10.1 Å². The number of furan rings is 1. The minimum atomic E-state index is 0.0380. The summed E-state index contributed by atoms with van der Waals surface area (Å²) in [6.07, 6.45) is 5.10. The first-order valence-electron chi connectivity index (χ1n) is 6.93. The summed E-state index contributed by atoms with van der Waals surface area (Å²) in [6.45, 7) is 0.0380. The number of aliphatic hydroxyl groups excluding tert-OH is 1. The SMILES string of the molecule is OCc1ccc(-c2cnc3ccc(-c4ccoc4)nn23)cc1. The van der Waals surface area contributed by atoms with Crippen molar-refractivity contribution < 1.29 is 9.52 Å². The van der Waals surface area contributed by atoms with Crippen LogP contribution in [0.3, 0.4) is 0 Å². The van der Waals surface area contributed by atoms with E-state index < -0.39 is 0 Å². The first kappa shape index (κ1) is 12.8. The largest absolute Gasteiger partial charge is 0.472 e. The van der Waals surface area contributed by atoms with Crippen LogP contribution in [-0.2, 0) is 6.61 Å². The molecule has 0 saturated heterocycles. The Bertz CT molecular complexity index is 909. The van der Waals surface area contributed by atoms with Crippen LogP contribution in [0.25, 0.3) is 28.2 Å². The van der Waals surface area contributed by atoms with Crippen molar-refractivity contribution in [2.24, 2.45) is 0 Å². The summed E-state index contributed by atoms with van der Waals surface area (Å²) >= 11 is 0. The van der Waals surface area contributed by atoms with Gasteiger partial charge in [0, 0.05) is 11.1 Å². The van der Waals surface area contributed by atoms with Gasteiger partial charge >= 0.3 is 0 Å². The normalized spacial score (nSPS) is 11.1. The Kier molecular flexibility index (Phi) is 2.98. The van der Waals surface area contributed by atoms with Crippen LogP contribution in [0.4, 0.5) is 0 Å². The zero-order chi connectivity index (χ0) is 14.9. The van der Waals surface area contributed by atoms with Gasteiger partial charge in [-0.15, -0.1) is 0 Å². The predicted octanol–water partition coefficient (Wildman–Crippen LogP) is 3.15. The van der Waals surface area contributed by atoms with Crippen molar-refractivity contribution in [3.63, 3.8) is 0 Å². The fourth-order valence-electron chi connectivity index (χ4n) is 2.42. The smallest absolute Gasteiger partial charge is 0.154 e. The van der Waals surface area contributed by atoms with Crippen molar-refractivity contribution in [2.45, 2.75) is 6.61 Å². The highest BCUT2D eigenvalue weighted by molar-refractivity contribution is 5.65. The molecule has 1 N–H and O–H groups in total. The Morgan fingerprint density at radius 1 is 1.00 bits per heavy atom. The van der Waals surface area contributed by atoms with Gasteiger partial charge in [-0.25, -0.2) is 9.50 Å². The highest BCUT2D eigenvalue weighted by Crippen LogP contribution is 2.23. The second-order valence-electron chi connectivity index (χ2n) is 5.00. The summed E-state index contributed by atoms with van der Waals surface area (Å²) in [7, 11) is 0. The van der Waals surface area contributed by atoms with Gasteiger partial charge in [-0.2, -0.15) is 5.10 Å². The topological polar surface area (TPSA) is 63.6 Å². The lowest BCUT2D eigenvalue weighted by atomic mass is 10.1. The molecule has 0 unspecified atom stereocenters. The highest BCUT2D eigenvalue weighted by Gasteiger charge is 2.09. The van der Waals surface area contributed by atoms with Gasteiger partial charge in [0.05, 0.1) is 36.7 Å². The molecule has 4 rings (SSSR count). The Balaban J connectivity index is 1.85. The second kappa shape index (κ2) is 5.13. The van der Waals surface area contributed by atoms with Crippen LogP contribution in [0, 0.1) is 0 Å². The summed E-state index contributed by atoms with van der Waals surface area (Å²) in [4.78, 5) is 4.39. The molecule has 0 amide bonds. The summed E-state index contributed by atoms with van der Waals surface area (Å²) in [5.41, 5.74) is 5.33. The molecular weight excluding hydrogens is 278 g/mol. The lowest BCUT2D eigenvalue weighted by Gasteiger charge is -2.04. The van der Waals surface area contributed by atoms with E-state index in [1.165, 1.54) is 0 Å². The lowest BCUT2D eigenvalue weighted by Crippen LogP contribution is -1.96. The average molecular weight is 291 g/mol. The summed E-state index contributed by atoms with van der Waals surface area (Å²) < 4.78 is 6.93. The fraction of sp³-hybridized carbons (Fsp3) is 0.0588. The Labute approximate surface area is 126 Å². The quantitative estimate of drug-likeness (QED) is 0.630. The number of hydrogen-bond acceptors (Lipinski definition) is 4. The minimum Gasteiger partial charge on any atom is -0.472 e. The molecule has 0 aliphatic rings. The predicted molar refractivity (Wildman–Crippen MR) is 82.0 cm³/mol. The van der Waals surface area contributed by atoms with Crippen LogP contribution < -0.4 is 0 Å². The lowest BCUT2D eigenvalue weighted by molar-refractivity contribution is 0.282. The maximum Gasteiger partial charge on any atom is 0.154 e. The van der Waals surface area contributed by atoms with E-state index >= 15 is 0 Å². The van der Waals surface area contributed by atoms with Crippen LogP contribution in [0.5, 0.6) is 0 Å². The van der Waals surface area contributed by atoms with Gasteiger partial charge in [0.2, 0.25) is 0 Å². The molecular formula is C17H13N3O2. The van der Waals surface area contributed by atoms with Crippen LogP contribution in [-0.4, -0.2) is 19.7 Å². The van der Waals surface area contributed by atoms with E-state index in [1.54, 1.807) is 18.7 Å². The molecule has 4 aromatic rings. The molecule has 5 nitrogen and oxygen atoms in total.